The van der Waals surface area contributed by atoms with Gasteiger partial charge in [-0.2, -0.15) is 0 Å². The summed E-state index contributed by atoms with van der Waals surface area (Å²) >= 11 is 0. The average molecular weight is 344 g/mol. The molecule has 21 heavy (non-hydrogen) atoms. The second-order valence-electron chi connectivity index (χ2n) is 3.82. The molecule has 0 aliphatic rings. The van der Waals surface area contributed by atoms with Crippen LogP contribution in [-0.4, -0.2) is 39.7 Å². The van der Waals surface area contributed by atoms with Crippen LogP contribution >= 0.6 is 0 Å². The number of hydrogen-bond donors (Lipinski definition) is 2. The normalized spacial score (nSPS) is 9.43. The molecule has 0 aromatic carbocycles. The van der Waals surface area contributed by atoms with Gasteiger partial charge in [0.15, 0.2) is 0 Å². The first kappa shape index (κ1) is 29.8. The van der Waals surface area contributed by atoms with Crippen molar-refractivity contribution in [2.45, 2.75) is 51.4 Å². The van der Waals surface area contributed by atoms with Crippen LogP contribution in [0.2, 0.25) is 0 Å². The molecule has 0 aromatic heterocycles. The van der Waals surface area contributed by atoms with Gasteiger partial charge in [-0.1, -0.05) is 25.7 Å². The molecule has 0 atom stereocenters. The molecule has 0 aliphatic heterocycles. The van der Waals surface area contributed by atoms with Crippen molar-refractivity contribution in [3.05, 3.63) is 0 Å². The molecule has 0 fully saturated rings. The average Bonchev–Trinajstić information content (AvgIpc) is 2.18. The molecule has 114 valence electrons. The zero-order valence-corrected chi connectivity index (χ0v) is 17.2. The van der Waals surface area contributed by atoms with Gasteiger partial charge in [0.05, 0.1) is 0 Å². The summed E-state index contributed by atoms with van der Waals surface area (Å²) in [4.78, 5) is 20.3. The first-order valence-electron chi connectivity index (χ1n) is 5.73. The van der Waals surface area contributed by atoms with Gasteiger partial charge >= 0.3 is 71.1 Å². The minimum absolute atomic E-state index is 0. The van der Waals surface area contributed by atoms with Crippen LogP contribution in [0, 0.1) is 0 Å². The minimum Gasteiger partial charge on any atom is -0.759 e. The molecule has 0 radical (unpaired) electrons. The number of carboxylic acid groups (broad SMARTS) is 2. The monoisotopic (exact) mass is 344 g/mol. The van der Waals surface area contributed by atoms with Crippen molar-refractivity contribution in [2.24, 2.45) is 0 Å². The maximum atomic E-state index is 10.1. The van der Waals surface area contributed by atoms with Crippen LogP contribution in [0.3, 0.4) is 0 Å². The summed E-state index contributed by atoms with van der Waals surface area (Å²) in [6.45, 7) is 0. The van der Waals surface area contributed by atoms with E-state index in [0.29, 0.717) is 0 Å². The van der Waals surface area contributed by atoms with E-state index in [-0.39, 0.29) is 72.0 Å². The smallest absolute Gasteiger partial charge is 0.759 e. The van der Waals surface area contributed by atoms with Gasteiger partial charge in [-0.05, 0) is 12.8 Å². The molecular weight excluding hydrogens is 326 g/mol. The largest absolute Gasteiger partial charge is 1.00 e. The summed E-state index contributed by atoms with van der Waals surface area (Å²) in [6, 6.07) is 0. The van der Waals surface area contributed by atoms with Crippen LogP contribution in [0.4, 0.5) is 0 Å². The zero-order chi connectivity index (χ0) is 15.3. The molecule has 0 rings (SSSR count). The molecule has 0 aliphatic carbocycles. The molecule has 2 N–H and O–H groups in total. The molecule has 0 spiro atoms. The number of unbranched alkanes of at least 4 members (excludes halogenated alkanes) is 5. The van der Waals surface area contributed by atoms with Gasteiger partial charge in [-0.25, -0.2) is 0 Å². The summed E-state index contributed by atoms with van der Waals surface area (Å²) < 4.78 is 34.1. The van der Waals surface area contributed by atoms with E-state index in [1.807, 2.05) is 0 Å². The van der Waals surface area contributed by atoms with E-state index in [9.17, 15) is 9.59 Å². The molecule has 0 amide bonds. The number of hydrogen-bond acceptors (Lipinski definition) is 6. The number of aliphatic carboxylic acids is 2. The molecule has 8 nitrogen and oxygen atoms in total. The van der Waals surface area contributed by atoms with Crippen molar-refractivity contribution in [2.75, 3.05) is 0 Å². The Balaban J connectivity index is -0.000000179. The van der Waals surface area contributed by atoms with E-state index in [1.54, 1.807) is 0 Å². The summed E-state index contributed by atoms with van der Waals surface area (Å²) in [6.07, 6.45) is 5.82. The van der Waals surface area contributed by atoms with Crippen LogP contribution in [-0.2, 0) is 20.0 Å². The quantitative estimate of drug-likeness (QED) is 0.182. The molecule has 0 heterocycles. The number of carbonyl (C=O) groups is 2. The molecule has 0 aromatic rings. The molecule has 0 saturated heterocycles. The van der Waals surface area contributed by atoms with Crippen molar-refractivity contribution in [3.8, 4) is 0 Å². The Morgan fingerprint density at radius 2 is 0.905 bits per heavy atom. The molecule has 0 bridgehead atoms. The molecular formula is C10H18Na2O8S. The molecule has 0 unspecified atom stereocenters. The van der Waals surface area contributed by atoms with Crippen LogP contribution < -0.4 is 59.1 Å². The van der Waals surface area contributed by atoms with Crippen LogP contribution in [0.5, 0.6) is 0 Å². The van der Waals surface area contributed by atoms with E-state index in [1.165, 1.54) is 0 Å². The molecule has 11 heteroatoms. The first-order chi connectivity index (χ1) is 8.63. The summed E-state index contributed by atoms with van der Waals surface area (Å²) in [7, 11) is -5.17. The fraction of sp³-hybridized carbons (Fsp3) is 0.800. The van der Waals surface area contributed by atoms with Crippen molar-refractivity contribution in [1.29, 1.82) is 0 Å². The van der Waals surface area contributed by atoms with Gasteiger partial charge in [0.25, 0.3) is 0 Å². The maximum Gasteiger partial charge on any atom is 1.00 e. The Hall–Kier alpha value is 0.810. The molecule has 0 saturated carbocycles. The van der Waals surface area contributed by atoms with Gasteiger partial charge in [0.2, 0.25) is 0 Å². The van der Waals surface area contributed by atoms with E-state index in [2.05, 4.69) is 0 Å². The number of rotatable bonds is 9. The number of carboxylic acids is 2. The Morgan fingerprint density at radius 3 is 1.10 bits per heavy atom. The Labute approximate surface area is 168 Å². The first-order valence-corrected chi connectivity index (χ1v) is 7.06. The van der Waals surface area contributed by atoms with E-state index < -0.39 is 22.3 Å². The predicted octanol–water partition coefficient (Wildman–Crippen LogP) is -5.05. The standard InChI is InChI=1S/C10H18O4.2Na.H2O4S/c11-9(12)7-5-3-1-2-4-6-8-10(13)14;;;1-5(2,3)4/h1-8H2,(H,11,12)(H,13,14);;;(H2,1,2,3,4)/q;2*+1;/p-2. The van der Waals surface area contributed by atoms with Gasteiger partial charge < -0.3 is 19.3 Å². The third-order valence-corrected chi connectivity index (χ3v) is 2.03. The summed E-state index contributed by atoms with van der Waals surface area (Å²) in [5.41, 5.74) is 0. The van der Waals surface area contributed by atoms with Gasteiger partial charge in [-0.3, -0.25) is 18.0 Å². The van der Waals surface area contributed by atoms with Crippen LogP contribution in [0.1, 0.15) is 51.4 Å². The Kier molecular flexibility index (Phi) is 26.7. The van der Waals surface area contributed by atoms with Gasteiger partial charge in [0, 0.05) is 23.2 Å². The fourth-order valence-electron chi connectivity index (χ4n) is 1.26. The van der Waals surface area contributed by atoms with E-state index >= 15 is 0 Å². The second-order valence-corrected chi connectivity index (χ2v) is 4.63. The van der Waals surface area contributed by atoms with Crippen molar-refractivity contribution < 1.29 is 96.4 Å². The summed E-state index contributed by atoms with van der Waals surface area (Å²) in [5, 5.41) is 16.7. The topological polar surface area (TPSA) is 155 Å². The SMILES string of the molecule is O=C(O)CCCCCCCCC(=O)O.O=S(=O)([O-])[O-].[Na+].[Na+]. The Bertz CT molecular complexity index is 330. The second kappa shape index (κ2) is 18.9. The maximum absolute atomic E-state index is 10.1. The van der Waals surface area contributed by atoms with Crippen molar-refractivity contribution in [3.63, 3.8) is 0 Å². The van der Waals surface area contributed by atoms with Crippen molar-refractivity contribution in [1.82, 2.24) is 0 Å². The van der Waals surface area contributed by atoms with Gasteiger partial charge in [-0.15, -0.1) is 0 Å². The van der Waals surface area contributed by atoms with Crippen LogP contribution in [0.25, 0.3) is 0 Å². The zero-order valence-electron chi connectivity index (χ0n) is 12.4. The minimum atomic E-state index is -5.17. The fourth-order valence-corrected chi connectivity index (χ4v) is 1.26. The van der Waals surface area contributed by atoms with E-state index in [4.69, 9.17) is 27.7 Å². The summed E-state index contributed by atoms with van der Waals surface area (Å²) in [5.74, 6) is -1.48. The van der Waals surface area contributed by atoms with Crippen molar-refractivity contribution >= 4 is 22.3 Å². The van der Waals surface area contributed by atoms with Crippen LogP contribution in [0.15, 0.2) is 0 Å². The predicted molar refractivity (Wildman–Crippen MR) is 62.7 cm³/mol. The van der Waals surface area contributed by atoms with E-state index in [0.717, 1.165) is 38.5 Å². The van der Waals surface area contributed by atoms with Gasteiger partial charge in [0.1, 0.15) is 0 Å². The third-order valence-electron chi connectivity index (χ3n) is 2.03. The third kappa shape index (κ3) is 52.8. The Morgan fingerprint density at radius 1 is 0.714 bits per heavy atom.